The summed E-state index contributed by atoms with van der Waals surface area (Å²) in [6.45, 7) is 4.20. The number of ether oxygens (including phenoxy) is 3. The number of fused-ring (bicyclic) bond motifs is 1. The molecule has 1 unspecified atom stereocenters. The lowest BCUT2D eigenvalue weighted by Crippen LogP contribution is -2.32. The van der Waals surface area contributed by atoms with Gasteiger partial charge in [-0.25, -0.2) is 0 Å². The summed E-state index contributed by atoms with van der Waals surface area (Å²) in [4.78, 5) is 25.1. The zero-order valence-electron chi connectivity index (χ0n) is 19.5. The Labute approximate surface area is 193 Å². The van der Waals surface area contributed by atoms with Crippen molar-refractivity contribution >= 4 is 5.97 Å². The summed E-state index contributed by atoms with van der Waals surface area (Å²) in [5, 5.41) is 5.75. The van der Waals surface area contributed by atoms with Gasteiger partial charge in [-0.15, -0.1) is 0 Å². The molecule has 7 heteroatoms. The molecular weight excluding hydrogens is 420 g/mol. The number of methoxy groups -OCH3 is 2. The Balaban J connectivity index is 1.67. The van der Waals surface area contributed by atoms with Crippen molar-refractivity contribution in [2.45, 2.75) is 51.0 Å². The second kappa shape index (κ2) is 9.17. The number of aryl methyl sites for hydroxylation is 1. The predicted molar refractivity (Wildman–Crippen MR) is 125 cm³/mol. The van der Waals surface area contributed by atoms with Crippen molar-refractivity contribution in [3.8, 4) is 11.5 Å². The second-order valence-electron chi connectivity index (χ2n) is 9.06. The van der Waals surface area contributed by atoms with Gasteiger partial charge in [-0.1, -0.05) is 24.3 Å². The van der Waals surface area contributed by atoms with Gasteiger partial charge in [0.05, 0.1) is 20.6 Å². The monoisotopic (exact) mass is 450 g/mol. The lowest BCUT2D eigenvalue weighted by Gasteiger charge is -2.32. The first-order valence-corrected chi connectivity index (χ1v) is 11.1. The average molecular weight is 451 g/mol. The van der Waals surface area contributed by atoms with E-state index in [1.165, 1.54) is 12.7 Å². The number of esters is 1. The third kappa shape index (κ3) is 4.97. The van der Waals surface area contributed by atoms with Gasteiger partial charge in [0.1, 0.15) is 17.1 Å². The van der Waals surface area contributed by atoms with Gasteiger partial charge in [0.15, 0.2) is 0 Å². The molecule has 0 saturated carbocycles. The van der Waals surface area contributed by atoms with E-state index in [0.717, 1.165) is 35.4 Å². The van der Waals surface area contributed by atoms with Crippen molar-refractivity contribution < 1.29 is 19.0 Å². The second-order valence-corrected chi connectivity index (χ2v) is 9.06. The Bertz CT molecular complexity index is 1190. The number of carbonyl (C=O) groups excluding carboxylic acids is 1. The number of rotatable bonds is 7. The number of nitrogens with one attached hydrogen (secondary N) is 2. The molecule has 1 aliphatic rings. The molecule has 174 valence electrons. The molecule has 1 aromatic heterocycles. The molecule has 0 radical (unpaired) electrons. The molecule has 1 atom stereocenters. The van der Waals surface area contributed by atoms with E-state index in [9.17, 15) is 9.59 Å². The van der Waals surface area contributed by atoms with Crippen LogP contribution < -0.4 is 15.0 Å². The van der Waals surface area contributed by atoms with Crippen LogP contribution in [0.25, 0.3) is 0 Å². The van der Waals surface area contributed by atoms with E-state index < -0.39 is 5.92 Å². The van der Waals surface area contributed by atoms with Gasteiger partial charge >= 0.3 is 5.97 Å². The molecular formula is C26H30N2O5. The summed E-state index contributed by atoms with van der Waals surface area (Å²) in [6, 6.07) is 13.6. The number of hydrogen-bond acceptors (Lipinski definition) is 5. The Morgan fingerprint density at radius 2 is 1.88 bits per heavy atom. The third-order valence-electron chi connectivity index (χ3n) is 6.25. The van der Waals surface area contributed by atoms with Gasteiger partial charge < -0.3 is 19.3 Å². The SMILES string of the molecule is COC(=O)CC(c1ccc(OC)cc1)c1c(Cc2ccc3c(c2)CCC(C)(C)O3)[nH][nH]c1=O. The average Bonchev–Trinajstić information content (AvgIpc) is 3.16. The molecule has 33 heavy (non-hydrogen) atoms. The van der Waals surface area contributed by atoms with E-state index in [1.807, 2.05) is 36.4 Å². The maximum Gasteiger partial charge on any atom is 0.306 e. The van der Waals surface area contributed by atoms with Gasteiger partial charge in [-0.2, -0.15) is 0 Å². The maximum atomic E-state index is 12.9. The summed E-state index contributed by atoms with van der Waals surface area (Å²) in [6.07, 6.45) is 2.49. The highest BCUT2D eigenvalue weighted by molar-refractivity contribution is 5.71. The highest BCUT2D eigenvalue weighted by Crippen LogP contribution is 2.35. The fourth-order valence-electron chi connectivity index (χ4n) is 4.41. The van der Waals surface area contributed by atoms with E-state index in [1.54, 1.807) is 7.11 Å². The Morgan fingerprint density at radius 3 is 2.58 bits per heavy atom. The number of carbonyl (C=O) groups is 1. The topological polar surface area (TPSA) is 93.4 Å². The molecule has 0 fully saturated rings. The largest absolute Gasteiger partial charge is 0.497 e. The van der Waals surface area contributed by atoms with Crippen LogP contribution in [0.15, 0.2) is 47.3 Å². The summed E-state index contributed by atoms with van der Waals surface area (Å²) in [7, 11) is 2.95. The highest BCUT2D eigenvalue weighted by atomic mass is 16.5. The molecule has 2 aromatic carbocycles. The maximum absolute atomic E-state index is 12.9. The Morgan fingerprint density at radius 1 is 1.12 bits per heavy atom. The molecule has 0 bridgehead atoms. The van der Waals surface area contributed by atoms with E-state index in [4.69, 9.17) is 14.2 Å². The van der Waals surface area contributed by atoms with Gasteiger partial charge in [0, 0.05) is 23.6 Å². The first-order valence-electron chi connectivity index (χ1n) is 11.1. The minimum Gasteiger partial charge on any atom is -0.497 e. The van der Waals surface area contributed by atoms with Crippen molar-refractivity contribution in [2.75, 3.05) is 14.2 Å². The van der Waals surface area contributed by atoms with Gasteiger partial charge in [-0.05, 0) is 61.6 Å². The number of H-pyrrole nitrogens is 2. The molecule has 0 aliphatic carbocycles. The van der Waals surface area contributed by atoms with Crippen molar-refractivity contribution in [1.82, 2.24) is 10.2 Å². The first kappa shape index (κ1) is 22.7. The van der Waals surface area contributed by atoms with Crippen LogP contribution in [0.4, 0.5) is 0 Å². The number of aromatic nitrogens is 2. The quantitative estimate of drug-likeness (QED) is 0.529. The molecule has 2 N–H and O–H groups in total. The third-order valence-corrected chi connectivity index (χ3v) is 6.25. The lowest BCUT2D eigenvalue weighted by molar-refractivity contribution is -0.140. The summed E-state index contributed by atoms with van der Waals surface area (Å²) < 4.78 is 16.3. The van der Waals surface area contributed by atoms with Gasteiger partial charge in [0.25, 0.3) is 5.56 Å². The number of benzene rings is 2. The normalized spacial score (nSPS) is 15.3. The predicted octanol–water partition coefficient (Wildman–Crippen LogP) is 4.10. The van der Waals surface area contributed by atoms with Crippen LogP contribution in [0.3, 0.4) is 0 Å². The molecule has 3 aromatic rings. The van der Waals surface area contributed by atoms with Crippen LogP contribution in [0.1, 0.15) is 60.6 Å². The summed E-state index contributed by atoms with van der Waals surface area (Å²) in [5.74, 6) is 0.795. The minimum absolute atomic E-state index is 0.0594. The van der Waals surface area contributed by atoms with Crippen molar-refractivity contribution in [2.24, 2.45) is 0 Å². The smallest absolute Gasteiger partial charge is 0.306 e. The molecule has 2 heterocycles. The fourth-order valence-corrected chi connectivity index (χ4v) is 4.41. The van der Waals surface area contributed by atoms with Crippen LogP contribution in [-0.2, 0) is 22.4 Å². The van der Waals surface area contributed by atoms with Gasteiger partial charge in [0.2, 0.25) is 0 Å². The molecule has 0 saturated heterocycles. The minimum atomic E-state index is -0.449. The highest BCUT2D eigenvalue weighted by Gasteiger charge is 2.28. The van der Waals surface area contributed by atoms with Crippen LogP contribution in [0, 0.1) is 0 Å². The van der Waals surface area contributed by atoms with Crippen molar-refractivity contribution in [3.05, 3.63) is 80.8 Å². The molecule has 0 spiro atoms. The standard InChI is InChI=1S/C26H30N2O5/c1-26(2)12-11-18-13-16(5-10-22(18)33-26)14-21-24(25(30)28-27-21)20(15-23(29)32-4)17-6-8-19(31-3)9-7-17/h5-10,13,20H,11-12,14-15H2,1-4H3,(H2,27,28,30). The van der Waals surface area contributed by atoms with Crippen LogP contribution in [0.5, 0.6) is 11.5 Å². The zero-order chi connectivity index (χ0) is 23.6. The zero-order valence-corrected chi connectivity index (χ0v) is 19.5. The van der Waals surface area contributed by atoms with E-state index in [-0.39, 0.29) is 23.6 Å². The first-order chi connectivity index (χ1) is 15.8. The van der Waals surface area contributed by atoms with E-state index in [2.05, 4.69) is 30.1 Å². The molecule has 4 rings (SSSR count). The van der Waals surface area contributed by atoms with Crippen LogP contribution in [0.2, 0.25) is 0 Å². The molecule has 1 aliphatic heterocycles. The molecule has 7 nitrogen and oxygen atoms in total. The van der Waals surface area contributed by atoms with Crippen LogP contribution in [-0.4, -0.2) is 36.0 Å². The number of hydrogen-bond donors (Lipinski definition) is 2. The van der Waals surface area contributed by atoms with Crippen LogP contribution >= 0.6 is 0 Å². The van der Waals surface area contributed by atoms with Gasteiger partial charge in [-0.3, -0.25) is 14.7 Å². The summed E-state index contributed by atoms with van der Waals surface area (Å²) >= 11 is 0. The van der Waals surface area contributed by atoms with Crippen molar-refractivity contribution in [3.63, 3.8) is 0 Å². The Hall–Kier alpha value is -3.48. The van der Waals surface area contributed by atoms with E-state index >= 15 is 0 Å². The number of aromatic amines is 2. The molecule has 0 amide bonds. The van der Waals surface area contributed by atoms with Crippen molar-refractivity contribution in [1.29, 1.82) is 0 Å². The Kier molecular flexibility index (Phi) is 6.31. The lowest BCUT2D eigenvalue weighted by atomic mass is 9.87. The summed E-state index contributed by atoms with van der Waals surface area (Å²) in [5.41, 5.74) is 3.98. The van der Waals surface area contributed by atoms with E-state index in [0.29, 0.717) is 17.7 Å². The fraction of sp³-hybridized carbons (Fsp3) is 0.385.